The van der Waals surface area contributed by atoms with Crippen LogP contribution in [0.1, 0.15) is 36.8 Å². The zero-order valence-electron chi connectivity index (χ0n) is 11.6. The number of rotatable bonds is 6. The zero-order valence-corrected chi connectivity index (χ0v) is 12.4. The fraction of sp³-hybridized carbons (Fsp3) is 0.786. The maximum atomic E-state index is 4.34. The van der Waals surface area contributed by atoms with Gasteiger partial charge >= 0.3 is 0 Å². The van der Waals surface area contributed by atoms with Crippen LogP contribution in [0, 0.1) is 6.92 Å². The molecule has 18 heavy (non-hydrogen) atoms. The van der Waals surface area contributed by atoms with Gasteiger partial charge in [0.25, 0.3) is 0 Å². The van der Waals surface area contributed by atoms with Crippen LogP contribution in [0.5, 0.6) is 0 Å². The summed E-state index contributed by atoms with van der Waals surface area (Å²) in [7, 11) is 0. The first kappa shape index (κ1) is 14.0. The summed E-state index contributed by atoms with van der Waals surface area (Å²) >= 11 is 1.80. The number of nitrogens with one attached hydrogen (secondary N) is 1. The molecule has 0 amide bonds. The van der Waals surface area contributed by atoms with E-state index in [4.69, 9.17) is 0 Å². The molecule has 1 N–H and O–H groups in total. The second kappa shape index (κ2) is 7.22. The van der Waals surface area contributed by atoms with E-state index in [0.717, 1.165) is 19.1 Å². The van der Waals surface area contributed by atoms with Crippen molar-refractivity contribution >= 4 is 11.3 Å². The van der Waals surface area contributed by atoms with Crippen LogP contribution in [0.3, 0.4) is 0 Å². The fourth-order valence-electron chi connectivity index (χ4n) is 2.71. The SMILES string of the molecule is CCNCC1CCCCN1CCc1scnc1C. The Labute approximate surface area is 115 Å². The lowest BCUT2D eigenvalue weighted by molar-refractivity contribution is 0.148. The lowest BCUT2D eigenvalue weighted by Gasteiger charge is -2.35. The van der Waals surface area contributed by atoms with Gasteiger partial charge < -0.3 is 5.32 Å². The number of likely N-dealkylation sites (tertiary alicyclic amines) is 1. The van der Waals surface area contributed by atoms with Crippen molar-refractivity contribution in [2.75, 3.05) is 26.2 Å². The Morgan fingerprint density at radius 2 is 2.39 bits per heavy atom. The highest BCUT2D eigenvalue weighted by molar-refractivity contribution is 7.09. The topological polar surface area (TPSA) is 28.2 Å². The van der Waals surface area contributed by atoms with Crippen LogP contribution in [0.15, 0.2) is 5.51 Å². The molecule has 1 aromatic rings. The summed E-state index contributed by atoms with van der Waals surface area (Å²) in [6, 6.07) is 0.743. The van der Waals surface area contributed by atoms with E-state index in [1.165, 1.54) is 49.3 Å². The molecule has 0 aromatic carbocycles. The summed E-state index contributed by atoms with van der Waals surface area (Å²) in [6.07, 6.45) is 5.28. The Morgan fingerprint density at radius 3 is 3.11 bits per heavy atom. The van der Waals surface area contributed by atoms with Crippen LogP contribution in [0.2, 0.25) is 0 Å². The Morgan fingerprint density at radius 1 is 1.50 bits per heavy atom. The van der Waals surface area contributed by atoms with Gasteiger partial charge in [0.2, 0.25) is 0 Å². The maximum absolute atomic E-state index is 4.34. The van der Waals surface area contributed by atoms with Crippen LogP contribution >= 0.6 is 11.3 Å². The lowest BCUT2D eigenvalue weighted by atomic mass is 10.0. The van der Waals surface area contributed by atoms with E-state index >= 15 is 0 Å². The molecule has 3 nitrogen and oxygen atoms in total. The Kier molecular flexibility index (Phi) is 5.60. The van der Waals surface area contributed by atoms with Gasteiger partial charge in [0, 0.05) is 24.0 Å². The normalized spacial score (nSPS) is 21.3. The van der Waals surface area contributed by atoms with E-state index in [1.54, 1.807) is 11.3 Å². The molecule has 1 aliphatic heterocycles. The van der Waals surface area contributed by atoms with Gasteiger partial charge in [0.1, 0.15) is 0 Å². The second-order valence-electron chi connectivity index (χ2n) is 5.10. The molecule has 102 valence electrons. The molecule has 0 radical (unpaired) electrons. The van der Waals surface area contributed by atoms with E-state index in [9.17, 15) is 0 Å². The van der Waals surface area contributed by atoms with Gasteiger partial charge in [-0.2, -0.15) is 0 Å². The molecule has 1 saturated heterocycles. The maximum Gasteiger partial charge on any atom is 0.0797 e. The van der Waals surface area contributed by atoms with Crippen LogP contribution in [0.25, 0.3) is 0 Å². The minimum absolute atomic E-state index is 0.743. The van der Waals surface area contributed by atoms with Gasteiger partial charge in [-0.3, -0.25) is 4.90 Å². The molecule has 0 saturated carbocycles. The minimum Gasteiger partial charge on any atom is -0.315 e. The Hall–Kier alpha value is -0.450. The molecule has 4 heteroatoms. The number of thiazole rings is 1. The first-order valence-electron chi connectivity index (χ1n) is 7.15. The highest BCUT2D eigenvalue weighted by atomic mass is 32.1. The summed E-state index contributed by atoms with van der Waals surface area (Å²) in [5, 5.41) is 3.50. The van der Waals surface area contributed by atoms with Crippen molar-refractivity contribution in [3.05, 3.63) is 16.1 Å². The molecule has 0 aliphatic carbocycles. The quantitative estimate of drug-likeness (QED) is 0.858. The molecule has 1 atom stereocenters. The van der Waals surface area contributed by atoms with E-state index in [-0.39, 0.29) is 0 Å². The highest BCUT2D eigenvalue weighted by Gasteiger charge is 2.21. The summed E-state index contributed by atoms with van der Waals surface area (Å²) in [4.78, 5) is 8.47. The zero-order chi connectivity index (χ0) is 12.8. The number of aromatic nitrogens is 1. The molecular weight excluding hydrogens is 242 g/mol. The number of aryl methyl sites for hydroxylation is 1. The van der Waals surface area contributed by atoms with Crippen molar-refractivity contribution in [3.63, 3.8) is 0 Å². The van der Waals surface area contributed by atoms with Crippen molar-refractivity contribution in [1.82, 2.24) is 15.2 Å². The minimum atomic E-state index is 0.743. The van der Waals surface area contributed by atoms with Crippen LogP contribution in [-0.4, -0.2) is 42.1 Å². The molecule has 2 heterocycles. The highest BCUT2D eigenvalue weighted by Crippen LogP contribution is 2.19. The predicted molar refractivity (Wildman–Crippen MR) is 78.3 cm³/mol. The smallest absolute Gasteiger partial charge is 0.0797 e. The summed E-state index contributed by atoms with van der Waals surface area (Å²) in [6.45, 7) is 9.01. The molecule has 1 aromatic heterocycles. The Bertz CT molecular complexity index is 351. The Balaban J connectivity index is 1.83. The monoisotopic (exact) mass is 267 g/mol. The van der Waals surface area contributed by atoms with E-state index < -0.39 is 0 Å². The number of likely N-dealkylation sites (N-methyl/N-ethyl adjacent to an activating group) is 1. The van der Waals surface area contributed by atoms with Crippen molar-refractivity contribution in [2.24, 2.45) is 0 Å². The van der Waals surface area contributed by atoms with E-state index in [0.29, 0.717) is 0 Å². The molecule has 1 fully saturated rings. The average Bonchev–Trinajstić information content (AvgIpc) is 2.80. The van der Waals surface area contributed by atoms with E-state index in [1.807, 2.05) is 5.51 Å². The predicted octanol–water partition coefficient (Wildman–Crippen LogP) is 2.46. The summed E-state index contributed by atoms with van der Waals surface area (Å²) in [5.74, 6) is 0. The molecule has 1 unspecified atom stereocenters. The van der Waals surface area contributed by atoms with Gasteiger partial charge in [-0.25, -0.2) is 4.98 Å². The largest absolute Gasteiger partial charge is 0.315 e. The van der Waals surface area contributed by atoms with Crippen molar-refractivity contribution < 1.29 is 0 Å². The number of nitrogens with zero attached hydrogens (tertiary/aromatic N) is 2. The fourth-order valence-corrected chi connectivity index (χ4v) is 3.48. The third-order valence-electron chi connectivity index (χ3n) is 3.85. The standard InChI is InChI=1S/C14H25N3S/c1-3-15-10-13-6-4-5-8-17(13)9-7-14-12(2)16-11-18-14/h11,13,15H,3-10H2,1-2H3. The van der Waals surface area contributed by atoms with Gasteiger partial charge in [-0.05, 0) is 39.3 Å². The first-order valence-corrected chi connectivity index (χ1v) is 8.03. The lowest BCUT2D eigenvalue weighted by Crippen LogP contribution is -2.46. The molecule has 1 aliphatic rings. The van der Waals surface area contributed by atoms with Gasteiger partial charge in [-0.15, -0.1) is 11.3 Å². The molecular formula is C14H25N3S. The third kappa shape index (κ3) is 3.77. The number of hydrogen-bond acceptors (Lipinski definition) is 4. The number of hydrogen-bond donors (Lipinski definition) is 1. The third-order valence-corrected chi connectivity index (χ3v) is 4.84. The molecule has 2 rings (SSSR count). The summed E-state index contributed by atoms with van der Waals surface area (Å²) < 4.78 is 0. The molecule has 0 bridgehead atoms. The van der Waals surface area contributed by atoms with Crippen molar-refractivity contribution in [1.29, 1.82) is 0 Å². The number of piperidine rings is 1. The summed E-state index contributed by atoms with van der Waals surface area (Å²) in [5.41, 5.74) is 3.19. The van der Waals surface area contributed by atoms with E-state index in [2.05, 4.69) is 29.0 Å². The molecule has 0 spiro atoms. The van der Waals surface area contributed by atoms with Gasteiger partial charge in [0.05, 0.1) is 11.2 Å². The van der Waals surface area contributed by atoms with Crippen LogP contribution in [0.4, 0.5) is 0 Å². The van der Waals surface area contributed by atoms with Crippen LogP contribution < -0.4 is 5.32 Å². The first-order chi connectivity index (χ1) is 8.81. The van der Waals surface area contributed by atoms with Crippen LogP contribution in [-0.2, 0) is 6.42 Å². The van der Waals surface area contributed by atoms with Crippen molar-refractivity contribution in [3.8, 4) is 0 Å². The van der Waals surface area contributed by atoms with Gasteiger partial charge in [0.15, 0.2) is 0 Å². The van der Waals surface area contributed by atoms with Crippen molar-refractivity contribution in [2.45, 2.75) is 45.6 Å². The van der Waals surface area contributed by atoms with Gasteiger partial charge in [-0.1, -0.05) is 13.3 Å². The average molecular weight is 267 g/mol. The second-order valence-corrected chi connectivity index (χ2v) is 6.04.